The summed E-state index contributed by atoms with van der Waals surface area (Å²) in [6.45, 7) is 5.87. The fraction of sp³-hybridized carbons (Fsp3) is 0.333. The van der Waals surface area contributed by atoms with Crippen molar-refractivity contribution >= 4 is 17.6 Å². The Kier molecular flexibility index (Phi) is 4.65. The first-order chi connectivity index (χ1) is 11.9. The standard InChI is InChI=1S/C18H19NO6/c1-10-8-14(11(2)24-10)18(21)25-12(3)17(20)19-13-4-5-15-16(9-13)23-7-6-22-15/h4-5,8-9,12H,6-7H2,1-3H3,(H,19,20)/t12-/m0/s1. The molecule has 7 nitrogen and oxygen atoms in total. The van der Waals surface area contributed by atoms with E-state index in [1.807, 2.05) is 0 Å². The Morgan fingerprint density at radius 3 is 2.52 bits per heavy atom. The Bertz CT molecular complexity index is 810. The Balaban J connectivity index is 1.62. The van der Waals surface area contributed by atoms with E-state index < -0.39 is 18.0 Å². The number of hydrogen-bond acceptors (Lipinski definition) is 6. The van der Waals surface area contributed by atoms with Crippen LogP contribution in [-0.4, -0.2) is 31.2 Å². The summed E-state index contributed by atoms with van der Waals surface area (Å²) in [6.07, 6.45) is -0.963. The number of fused-ring (bicyclic) bond motifs is 1. The number of carbonyl (C=O) groups excluding carboxylic acids is 2. The number of amides is 1. The van der Waals surface area contributed by atoms with Crippen LogP contribution in [0.3, 0.4) is 0 Å². The molecule has 1 aromatic carbocycles. The molecule has 0 bridgehead atoms. The fourth-order valence-corrected chi connectivity index (χ4v) is 2.48. The molecule has 1 aliphatic rings. The van der Waals surface area contributed by atoms with Gasteiger partial charge in [-0.15, -0.1) is 0 Å². The first-order valence-corrected chi connectivity index (χ1v) is 7.92. The summed E-state index contributed by atoms with van der Waals surface area (Å²) < 4.78 is 21.4. The molecular weight excluding hydrogens is 326 g/mol. The van der Waals surface area contributed by atoms with Crippen LogP contribution in [0, 0.1) is 13.8 Å². The van der Waals surface area contributed by atoms with Gasteiger partial charge in [0.25, 0.3) is 5.91 Å². The third-order valence-electron chi connectivity index (χ3n) is 3.72. The Morgan fingerprint density at radius 2 is 1.84 bits per heavy atom. The van der Waals surface area contributed by atoms with Crippen molar-refractivity contribution in [3.63, 3.8) is 0 Å². The molecule has 0 saturated heterocycles. The van der Waals surface area contributed by atoms with E-state index in [1.165, 1.54) is 6.92 Å². The van der Waals surface area contributed by atoms with Crippen molar-refractivity contribution in [3.8, 4) is 11.5 Å². The lowest BCUT2D eigenvalue weighted by atomic mass is 10.2. The summed E-state index contributed by atoms with van der Waals surface area (Å²) in [5.74, 6) is 1.23. The number of nitrogens with one attached hydrogen (secondary N) is 1. The fourth-order valence-electron chi connectivity index (χ4n) is 2.48. The molecular formula is C18H19NO6. The molecule has 1 atom stereocenters. The number of furan rings is 1. The van der Waals surface area contributed by atoms with Gasteiger partial charge in [0.15, 0.2) is 17.6 Å². The van der Waals surface area contributed by atoms with Crippen LogP contribution in [0.25, 0.3) is 0 Å². The van der Waals surface area contributed by atoms with Crippen LogP contribution in [0.15, 0.2) is 28.7 Å². The zero-order valence-corrected chi connectivity index (χ0v) is 14.3. The molecule has 1 aliphatic heterocycles. The van der Waals surface area contributed by atoms with E-state index in [1.54, 1.807) is 38.1 Å². The van der Waals surface area contributed by atoms with E-state index in [-0.39, 0.29) is 0 Å². The molecule has 25 heavy (non-hydrogen) atoms. The lowest BCUT2D eigenvalue weighted by Crippen LogP contribution is -2.30. The van der Waals surface area contributed by atoms with Gasteiger partial charge in [0, 0.05) is 11.8 Å². The largest absolute Gasteiger partial charge is 0.486 e. The second kappa shape index (κ2) is 6.88. The normalized spacial score (nSPS) is 13.9. The summed E-state index contributed by atoms with van der Waals surface area (Å²) in [6, 6.07) is 6.68. The van der Waals surface area contributed by atoms with Crippen molar-refractivity contribution < 1.29 is 28.2 Å². The zero-order chi connectivity index (χ0) is 18.0. The summed E-state index contributed by atoms with van der Waals surface area (Å²) in [4.78, 5) is 24.4. The molecule has 2 heterocycles. The highest BCUT2D eigenvalue weighted by Crippen LogP contribution is 2.32. The minimum Gasteiger partial charge on any atom is -0.486 e. The number of esters is 1. The molecule has 3 rings (SSSR count). The highest BCUT2D eigenvalue weighted by molar-refractivity contribution is 5.97. The van der Waals surface area contributed by atoms with Gasteiger partial charge in [-0.05, 0) is 39.0 Å². The lowest BCUT2D eigenvalue weighted by molar-refractivity contribution is -0.123. The zero-order valence-electron chi connectivity index (χ0n) is 14.3. The van der Waals surface area contributed by atoms with Gasteiger partial charge in [0.05, 0.1) is 0 Å². The highest BCUT2D eigenvalue weighted by Gasteiger charge is 2.22. The quantitative estimate of drug-likeness (QED) is 0.858. The number of ether oxygens (including phenoxy) is 3. The van der Waals surface area contributed by atoms with E-state index in [0.717, 1.165) is 0 Å². The topological polar surface area (TPSA) is 87.0 Å². The van der Waals surface area contributed by atoms with Gasteiger partial charge in [0.2, 0.25) is 0 Å². The van der Waals surface area contributed by atoms with Gasteiger partial charge in [-0.1, -0.05) is 0 Å². The first-order valence-electron chi connectivity index (χ1n) is 7.92. The van der Waals surface area contributed by atoms with Crippen LogP contribution in [0.4, 0.5) is 5.69 Å². The van der Waals surface area contributed by atoms with E-state index in [2.05, 4.69) is 5.32 Å². The van der Waals surface area contributed by atoms with E-state index in [4.69, 9.17) is 18.6 Å². The van der Waals surface area contributed by atoms with Crippen LogP contribution in [-0.2, 0) is 9.53 Å². The van der Waals surface area contributed by atoms with Crippen molar-refractivity contribution in [2.24, 2.45) is 0 Å². The van der Waals surface area contributed by atoms with Crippen molar-refractivity contribution in [2.75, 3.05) is 18.5 Å². The SMILES string of the molecule is Cc1cc(C(=O)O[C@@H](C)C(=O)Nc2ccc3c(c2)OCCO3)c(C)o1. The van der Waals surface area contributed by atoms with Crippen LogP contribution in [0.2, 0.25) is 0 Å². The molecule has 0 unspecified atom stereocenters. The summed E-state index contributed by atoms with van der Waals surface area (Å²) in [5.41, 5.74) is 0.851. The number of carbonyl (C=O) groups is 2. The second-order valence-electron chi connectivity index (χ2n) is 5.72. The monoisotopic (exact) mass is 345 g/mol. The van der Waals surface area contributed by atoms with E-state index in [9.17, 15) is 9.59 Å². The second-order valence-corrected chi connectivity index (χ2v) is 5.72. The van der Waals surface area contributed by atoms with Gasteiger partial charge < -0.3 is 23.9 Å². The molecule has 132 valence electrons. The third-order valence-corrected chi connectivity index (χ3v) is 3.72. The average Bonchev–Trinajstić information content (AvgIpc) is 2.93. The van der Waals surface area contributed by atoms with Crippen molar-refractivity contribution in [3.05, 3.63) is 41.3 Å². The maximum Gasteiger partial charge on any atom is 0.342 e. The summed E-state index contributed by atoms with van der Waals surface area (Å²) >= 11 is 0. The van der Waals surface area contributed by atoms with Crippen LogP contribution < -0.4 is 14.8 Å². The minimum atomic E-state index is -0.963. The van der Waals surface area contributed by atoms with Gasteiger partial charge in [-0.3, -0.25) is 4.79 Å². The molecule has 1 aromatic heterocycles. The van der Waals surface area contributed by atoms with Crippen molar-refractivity contribution in [1.82, 2.24) is 0 Å². The minimum absolute atomic E-state index is 0.316. The maximum absolute atomic E-state index is 12.3. The maximum atomic E-state index is 12.3. The number of anilines is 1. The average molecular weight is 345 g/mol. The molecule has 1 amide bonds. The predicted molar refractivity (Wildman–Crippen MR) is 89.1 cm³/mol. The highest BCUT2D eigenvalue weighted by atomic mass is 16.6. The molecule has 1 N–H and O–H groups in total. The molecule has 7 heteroatoms. The van der Waals surface area contributed by atoms with Crippen LogP contribution in [0.1, 0.15) is 28.8 Å². The van der Waals surface area contributed by atoms with Crippen molar-refractivity contribution in [1.29, 1.82) is 0 Å². The lowest BCUT2D eigenvalue weighted by Gasteiger charge is -2.19. The van der Waals surface area contributed by atoms with Crippen LogP contribution in [0.5, 0.6) is 11.5 Å². The Morgan fingerprint density at radius 1 is 1.12 bits per heavy atom. The molecule has 0 aliphatic carbocycles. The summed E-state index contributed by atoms with van der Waals surface area (Å²) in [7, 11) is 0. The number of hydrogen-bond donors (Lipinski definition) is 1. The van der Waals surface area contributed by atoms with Gasteiger partial charge in [0.1, 0.15) is 30.3 Å². The van der Waals surface area contributed by atoms with E-state index in [0.29, 0.717) is 47.5 Å². The van der Waals surface area contributed by atoms with E-state index >= 15 is 0 Å². The Labute approximate surface area is 144 Å². The molecule has 0 saturated carbocycles. The van der Waals surface area contributed by atoms with Gasteiger partial charge in [-0.25, -0.2) is 4.79 Å². The third kappa shape index (κ3) is 3.76. The molecule has 0 spiro atoms. The van der Waals surface area contributed by atoms with Crippen molar-refractivity contribution in [2.45, 2.75) is 26.9 Å². The molecule has 0 fully saturated rings. The van der Waals surface area contributed by atoms with Gasteiger partial charge in [-0.2, -0.15) is 0 Å². The molecule has 2 aromatic rings. The number of rotatable bonds is 4. The summed E-state index contributed by atoms with van der Waals surface area (Å²) in [5, 5.41) is 2.69. The first kappa shape index (κ1) is 16.9. The smallest absolute Gasteiger partial charge is 0.342 e. The number of aryl methyl sites for hydroxylation is 2. The van der Waals surface area contributed by atoms with Crippen LogP contribution >= 0.6 is 0 Å². The Hall–Kier alpha value is -2.96. The predicted octanol–water partition coefficient (Wildman–Crippen LogP) is 2.85. The van der Waals surface area contributed by atoms with Gasteiger partial charge >= 0.3 is 5.97 Å². The molecule has 0 radical (unpaired) electrons. The number of benzene rings is 1.